The number of likely N-dealkylation sites (tertiary alicyclic amines) is 1. The number of amides is 2. The predicted octanol–water partition coefficient (Wildman–Crippen LogP) is 1.68. The number of nitrogens with one attached hydrogen (secondary N) is 1. The van der Waals surface area contributed by atoms with Gasteiger partial charge in [-0.1, -0.05) is 0 Å². The van der Waals surface area contributed by atoms with Crippen molar-refractivity contribution in [2.45, 2.75) is 13.0 Å². The molecule has 8 nitrogen and oxygen atoms in total. The molecule has 2 heterocycles. The molecule has 0 bridgehead atoms. The van der Waals surface area contributed by atoms with Crippen LogP contribution in [0.3, 0.4) is 0 Å². The Labute approximate surface area is 155 Å². The van der Waals surface area contributed by atoms with Gasteiger partial charge in [0.15, 0.2) is 6.61 Å². The minimum absolute atomic E-state index is 0.0524. The lowest BCUT2D eigenvalue weighted by molar-refractivity contribution is -0.151. The molecule has 1 fully saturated rings. The first-order chi connectivity index (χ1) is 13.0. The summed E-state index contributed by atoms with van der Waals surface area (Å²) in [5.74, 6) is -1.20. The number of nitrogens with zero attached hydrogens (tertiary/aromatic N) is 2. The third kappa shape index (κ3) is 4.73. The Morgan fingerprint density at radius 3 is 2.74 bits per heavy atom. The smallest absolute Gasteiger partial charge is 0.311 e. The van der Waals surface area contributed by atoms with Crippen LogP contribution in [0.2, 0.25) is 0 Å². The van der Waals surface area contributed by atoms with Gasteiger partial charge in [0.05, 0.1) is 30.4 Å². The Kier molecular flexibility index (Phi) is 5.52. The number of hydrogen-bond acceptors (Lipinski definition) is 6. The number of benzene rings is 1. The Balaban J connectivity index is 1.45. The van der Waals surface area contributed by atoms with Crippen LogP contribution in [-0.2, 0) is 25.7 Å². The highest BCUT2D eigenvalue weighted by atomic mass is 16.5. The molecule has 0 unspecified atom stereocenters. The van der Waals surface area contributed by atoms with E-state index in [1.807, 2.05) is 6.07 Å². The average Bonchev–Trinajstić information content (AvgIpc) is 3.31. The van der Waals surface area contributed by atoms with Gasteiger partial charge in [0.2, 0.25) is 5.91 Å². The topological polar surface area (TPSA) is 113 Å². The fourth-order valence-corrected chi connectivity index (χ4v) is 2.75. The molecule has 1 aliphatic rings. The molecule has 1 atom stereocenters. The van der Waals surface area contributed by atoms with Crippen molar-refractivity contribution in [3.8, 4) is 6.07 Å². The number of esters is 1. The lowest BCUT2D eigenvalue weighted by atomic mass is 10.1. The van der Waals surface area contributed by atoms with E-state index < -0.39 is 24.4 Å². The first kappa shape index (κ1) is 18.2. The monoisotopic (exact) mass is 367 g/mol. The van der Waals surface area contributed by atoms with Crippen LogP contribution >= 0.6 is 0 Å². The molecule has 1 N–H and O–H groups in total. The zero-order valence-electron chi connectivity index (χ0n) is 14.4. The van der Waals surface area contributed by atoms with E-state index in [4.69, 9.17) is 14.4 Å². The van der Waals surface area contributed by atoms with E-state index in [1.54, 1.807) is 36.4 Å². The predicted molar refractivity (Wildman–Crippen MR) is 93.0 cm³/mol. The molecule has 8 heteroatoms. The van der Waals surface area contributed by atoms with Crippen LogP contribution < -0.4 is 5.32 Å². The number of carbonyl (C=O) groups excluding carboxylic acids is 3. The van der Waals surface area contributed by atoms with Crippen LogP contribution in [-0.4, -0.2) is 35.8 Å². The maximum atomic E-state index is 12.1. The van der Waals surface area contributed by atoms with Gasteiger partial charge >= 0.3 is 5.97 Å². The summed E-state index contributed by atoms with van der Waals surface area (Å²) in [5, 5.41) is 11.3. The SMILES string of the molecule is N#Cc1ccc(NC(=O)COC(=O)[C@H]2CC(=O)N(Cc3ccco3)C2)cc1. The van der Waals surface area contributed by atoms with Crippen LogP contribution in [0.1, 0.15) is 17.7 Å². The molecule has 1 aliphatic heterocycles. The number of ether oxygens (including phenoxy) is 1. The van der Waals surface area contributed by atoms with E-state index in [2.05, 4.69) is 5.32 Å². The minimum Gasteiger partial charge on any atom is -0.467 e. The van der Waals surface area contributed by atoms with Crippen LogP contribution in [0.4, 0.5) is 5.69 Å². The van der Waals surface area contributed by atoms with Crippen molar-refractivity contribution >= 4 is 23.5 Å². The van der Waals surface area contributed by atoms with E-state index in [9.17, 15) is 14.4 Å². The summed E-state index contributed by atoms with van der Waals surface area (Å²) in [7, 11) is 0. The summed E-state index contributed by atoms with van der Waals surface area (Å²) in [6.07, 6.45) is 1.57. The maximum Gasteiger partial charge on any atom is 0.311 e. The lowest BCUT2D eigenvalue weighted by Gasteiger charge is -2.14. The Morgan fingerprint density at radius 2 is 2.07 bits per heavy atom. The molecule has 0 radical (unpaired) electrons. The summed E-state index contributed by atoms with van der Waals surface area (Å²) in [6, 6.07) is 11.8. The molecule has 0 aliphatic carbocycles. The normalized spacial score (nSPS) is 16.0. The Morgan fingerprint density at radius 1 is 1.30 bits per heavy atom. The highest BCUT2D eigenvalue weighted by molar-refractivity contribution is 5.93. The second kappa shape index (κ2) is 8.19. The van der Waals surface area contributed by atoms with Gasteiger partial charge in [-0.25, -0.2) is 0 Å². The highest BCUT2D eigenvalue weighted by Gasteiger charge is 2.35. The molecule has 0 spiro atoms. The summed E-state index contributed by atoms with van der Waals surface area (Å²) in [4.78, 5) is 37.6. The molecule has 138 valence electrons. The van der Waals surface area contributed by atoms with Gasteiger partial charge in [-0.05, 0) is 36.4 Å². The van der Waals surface area contributed by atoms with Crippen molar-refractivity contribution in [2.75, 3.05) is 18.5 Å². The van der Waals surface area contributed by atoms with Crippen molar-refractivity contribution in [1.82, 2.24) is 4.90 Å². The van der Waals surface area contributed by atoms with Crippen molar-refractivity contribution in [3.05, 3.63) is 54.0 Å². The fourth-order valence-electron chi connectivity index (χ4n) is 2.75. The zero-order valence-corrected chi connectivity index (χ0v) is 14.4. The van der Waals surface area contributed by atoms with Gasteiger partial charge in [-0.3, -0.25) is 14.4 Å². The number of nitriles is 1. The van der Waals surface area contributed by atoms with E-state index >= 15 is 0 Å². The van der Waals surface area contributed by atoms with Gasteiger partial charge in [0.1, 0.15) is 5.76 Å². The van der Waals surface area contributed by atoms with E-state index in [0.29, 0.717) is 23.6 Å². The van der Waals surface area contributed by atoms with Crippen LogP contribution in [0, 0.1) is 17.2 Å². The van der Waals surface area contributed by atoms with Gasteiger partial charge < -0.3 is 19.4 Å². The molecule has 1 aromatic carbocycles. The highest BCUT2D eigenvalue weighted by Crippen LogP contribution is 2.21. The molecule has 1 aromatic heterocycles. The molecule has 2 aromatic rings. The molecule has 27 heavy (non-hydrogen) atoms. The number of hydrogen-bond donors (Lipinski definition) is 1. The van der Waals surface area contributed by atoms with E-state index in [-0.39, 0.29) is 18.9 Å². The van der Waals surface area contributed by atoms with Gasteiger partial charge in [0, 0.05) is 18.7 Å². The second-order valence-corrected chi connectivity index (χ2v) is 6.10. The number of rotatable bonds is 6. The number of carbonyl (C=O) groups is 3. The third-order valence-electron chi connectivity index (χ3n) is 4.12. The maximum absolute atomic E-state index is 12.1. The van der Waals surface area contributed by atoms with E-state index in [0.717, 1.165) is 0 Å². The molecule has 1 saturated heterocycles. The van der Waals surface area contributed by atoms with Gasteiger partial charge in [0.25, 0.3) is 5.91 Å². The zero-order chi connectivity index (χ0) is 19.2. The van der Waals surface area contributed by atoms with Gasteiger partial charge in [-0.15, -0.1) is 0 Å². The standard InChI is InChI=1S/C19H17N3O5/c20-9-13-3-5-15(6-4-13)21-17(23)12-27-19(25)14-8-18(24)22(10-14)11-16-2-1-7-26-16/h1-7,14H,8,10-12H2,(H,21,23)/t14-/m0/s1. The molecular weight excluding hydrogens is 350 g/mol. The largest absolute Gasteiger partial charge is 0.467 e. The van der Waals surface area contributed by atoms with Crippen LogP contribution in [0.25, 0.3) is 0 Å². The second-order valence-electron chi connectivity index (χ2n) is 6.10. The molecular formula is C19H17N3O5. The first-order valence-electron chi connectivity index (χ1n) is 8.32. The van der Waals surface area contributed by atoms with Crippen molar-refractivity contribution in [3.63, 3.8) is 0 Å². The first-order valence-corrected chi connectivity index (χ1v) is 8.32. The quantitative estimate of drug-likeness (QED) is 0.777. The molecule has 3 rings (SSSR count). The Bertz CT molecular complexity index is 868. The van der Waals surface area contributed by atoms with Gasteiger partial charge in [-0.2, -0.15) is 5.26 Å². The summed E-state index contributed by atoms with van der Waals surface area (Å²) >= 11 is 0. The van der Waals surface area contributed by atoms with Crippen molar-refractivity contribution < 1.29 is 23.5 Å². The third-order valence-corrected chi connectivity index (χ3v) is 4.12. The number of anilines is 1. The summed E-state index contributed by atoms with van der Waals surface area (Å²) in [5.41, 5.74) is 0.972. The molecule has 0 saturated carbocycles. The number of furan rings is 1. The summed E-state index contributed by atoms with van der Waals surface area (Å²) in [6.45, 7) is 0.0894. The van der Waals surface area contributed by atoms with Crippen molar-refractivity contribution in [1.29, 1.82) is 5.26 Å². The minimum atomic E-state index is -0.602. The van der Waals surface area contributed by atoms with Crippen LogP contribution in [0.5, 0.6) is 0 Å². The van der Waals surface area contributed by atoms with E-state index in [1.165, 1.54) is 11.2 Å². The lowest BCUT2D eigenvalue weighted by Crippen LogP contribution is -2.28. The van der Waals surface area contributed by atoms with Crippen molar-refractivity contribution in [2.24, 2.45) is 5.92 Å². The Hall–Kier alpha value is -3.60. The molecule has 2 amide bonds. The van der Waals surface area contributed by atoms with Crippen LogP contribution in [0.15, 0.2) is 47.1 Å². The average molecular weight is 367 g/mol. The fraction of sp³-hybridized carbons (Fsp3) is 0.263. The summed E-state index contributed by atoms with van der Waals surface area (Å²) < 4.78 is 10.2.